The fourth-order valence-corrected chi connectivity index (χ4v) is 1.36. The fourth-order valence-electron chi connectivity index (χ4n) is 1.36. The molecule has 13 heavy (non-hydrogen) atoms. The van der Waals surface area contributed by atoms with Crippen LogP contribution in [0.2, 0.25) is 0 Å². The molecule has 0 radical (unpaired) electrons. The molecule has 0 fully saturated rings. The summed E-state index contributed by atoms with van der Waals surface area (Å²) in [7, 11) is 3.75. The smallest absolute Gasteiger partial charge is 0.0462 e. The summed E-state index contributed by atoms with van der Waals surface area (Å²) in [5.74, 6) is 2.66. The van der Waals surface area contributed by atoms with E-state index in [0.717, 1.165) is 25.9 Å². The van der Waals surface area contributed by atoms with Gasteiger partial charge in [-0.05, 0) is 32.7 Å². The highest BCUT2D eigenvalue weighted by Crippen LogP contribution is 2.06. The monoisotopic (exact) mass is 183 g/mol. The van der Waals surface area contributed by atoms with Crippen molar-refractivity contribution in [3.8, 4) is 12.3 Å². The van der Waals surface area contributed by atoms with Gasteiger partial charge in [-0.1, -0.05) is 0 Å². The van der Waals surface area contributed by atoms with Crippen LogP contribution in [0.5, 0.6) is 0 Å². The van der Waals surface area contributed by atoms with Crippen molar-refractivity contribution in [3.63, 3.8) is 0 Å². The zero-order valence-corrected chi connectivity index (χ0v) is 8.81. The molecule has 0 spiro atoms. The predicted molar refractivity (Wildman–Crippen MR) is 56.6 cm³/mol. The van der Waals surface area contributed by atoms with Crippen molar-refractivity contribution in [3.05, 3.63) is 0 Å². The maximum atomic E-state index is 5.19. The van der Waals surface area contributed by atoms with E-state index >= 15 is 0 Å². The molecule has 1 unspecified atom stereocenters. The van der Waals surface area contributed by atoms with Crippen molar-refractivity contribution in [1.29, 1.82) is 0 Å². The third-order valence-electron chi connectivity index (χ3n) is 2.18. The summed E-state index contributed by atoms with van der Waals surface area (Å²) in [6.07, 6.45) is 10.7. The molecule has 0 amide bonds. The number of nitrogens with one attached hydrogen (secondary N) is 1. The Labute approximate surface area is 82.1 Å². The molecule has 2 nitrogen and oxygen atoms in total. The highest BCUT2D eigenvalue weighted by atomic mass is 16.5. The molecule has 2 heteroatoms. The normalized spacial score (nSPS) is 12.4. The van der Waals surface area contributed by atoms with Gasteiger partial charge in [0.15, 0.2) is 0 Å². The summed E-state index contributed by atoms with van der Waals surface area (Å²) in [5, 5.41) is 3.30. The van der Waals surface area contributed by atoms with E-state index in [4.69, 9.17) is 11.2 Å². The van der Waals surface area contributed by atoms with E-state index in [-0.39, 0.29) is 0 Å². The van der Waals surface area contributed by atoms with Gasteiger partial charge < -0.3 is 10.1 Å². The number of hydrogen-bond donors (Lipinski definition) is 1. The van der Waals surface area contributed by atoms with Crippen molar-refractivity contribution in [2.45, 2.75) is 38.1 Å². The van der Waals surface area contributed by atoms with E-state index in [0.29, 0.717) is 6.04 Å². The van der Waals surface area contributed by atoms with Crippen molar-refractivity contribution in [2.24, 2.45) is 0 Å². The van der Waals surface area contributed by atoms with Gasteiger partial charge in [-0.15, -0.1) is 12.3 Å². The standard InChI is InChI=1S/C11H21NO/c1-4-5-6-8-11(12-2)9-7-10-13-3/h1,11-12H,5-10H2,2-3H3. The Balaban J connectivity index is 3.35. The first-order valence-corrected chi connectivity index (χ1v) is 4.94. The maximum Gasteiger partial charge on any atom is 0.0462 e. The molecule has 76 valence electrons. The van der Waals surface area contributed by atoms with E-state index < -0.39 is 0 Å². The molecule has 1 N–H and O–H groups in total. The van der Waals surface area contributed by atoms with Crippen LogP contribution in [0.15, 0.2) is 0 Å². The molecular formula is C11H21NO. The van der Waals surface area contributed by atoms with Gasteiger partial charge in [0.2, 0.25) is 0 Å². The number of methoxy groups -OCH3 is 1. The Hall–Kier alpha value is -0.520. The van der Waals surface area contributed by atoms with Gasteiger partial charge in [0.1, 0.15) is 0 Å². The van der Waals surface area contributed by atoms with E-state index in [9.17, 15) is 0 Å². The second-order valence-corrected chi connectivity index (χ2v) is 3.22. The van der Waals surface area contributed by atoms with Crippen LogP contribution in [0, 0.1) is 12.3 Å². The Morgan fingerprint density at radius 3 is 2.62 bits per heavy atom. The zero-order chi connectivity index (χ0) is 9.94. The van der Waals surface area contributed by atoms with Crippen molar-refractivity contribution < 1.29 is 4.74 Å². The first-order valence-electron chi connectivity index (χ1n) is 4.94. The molecule has 0 aliphatic carbocycles. The molecule has 0 saturated carbocycles. The zero-order valence-electron chi connectivity index (χ0n) is 8.81. The maximum absolute atomic E-state index is 5.19. The lowest BCUT2D eigenvalue weighted by Gasteiger charge is -2.14. The second kappa shape index (κ2) is 9.57. The summed E-state index contributed by atoms with van der Waals surface area (Å²) in [5.41, 5.74) is 0. The second-order valence-electron chi connectivity index (χ2n) is 3.22. The quantitative estimate of drug-likeness (QED) is 0.458. The van der Waals surface area contributed by atoms with Gasteiger partial charge in [-0.2, -0.15) is 0 Å². The van der Waals surface area contributed by atoms with Crippen LogP contribution in [0.4, 0.5) is 0 Å². The molecule has 0 aliphatic rings. The van der Waals surface area contributed by atoms with Crippen LogP contribution in [-0.4, -0.2) is 26.8 Å². The van der Waals surface area contributed by atoms with E-state index in [1.165, 1.54) is 12.8 Å². The van der Waals surface area contributed by atoms with Gasteiger partial charge in [-0.25, -0.2) is 0 Å². The lowest BCUT2D eigenvalue weighted by atomic mass is 10.1. The molecule has 0 bridgehead atoms. The van der Waals surface area contributed by atoms with Gasteiger partial charge >= 0.3 is 0 Å². The van der Waals surface area contributed by atoms with Crippen LogP contribution < -0.4 is 5.32 Å². The predicted octanol–water partition coefficient (Wildman–Crippen LogP) is 1.80. The Morgan fingerprint density at radius 1 is 1.38 bits per heavy atom. The van der Waals surface area contributed by atoms with Crippen LogP contribution in [0.1, 0.15) is 32.1 Å². The minimum absolute atomic E-state index is 0.600. The van der Waals surface area contributed by atoms with Crippen LogP contribution in [0.3, 0.4) is 0 Å². The summed E-state index contributed by atoms with van der Waals surface area (Å²) in [6, 6.07) is 0.600. The molecule has 0 saturated heterocycles. The van der Waals surface area contributed by atoms with Gasteiger partial charge in [0, 0.05) is 26.2 Å². The number of ether oxygens (including phenoxy) is 1. The average molecular weight is 183 g/mol. The summed E-state index contributed by atoms with van der Waals surface area (Å²) in [4.78, 5) is 0. The van der Waals surface area contributed by atoms with Gasteiger partial charge in [0.05, 0.1) is 0 Å². The van der Waals surface area contributed by atoms with Crippen LogP contribution in [0.25, 0.3) is 0 Å². The molecule has 0 aromatic heterocycles. The molecule has 0 heterocycles. The Bertz CT molecular complexity index is 140. The molecule has 0 rings (SSSR count). The average Bonchev–Trinajstić information content (AvgIpc) is 2.16. The Morgan fingerprint density at radius 2 is 2.08 bits per heavy atom. The fraction of sp³-hybridized carbons (Fsp3) is 0.818. The van der Waals surface area contributed by atoms with Crippen molar-refractivity contribution >= 4 is 0 Å². The van der Waals surface area contributed by atoms with E-state index in [1.807, 2.05) is 7.05 Å². The van der Waals surface area contributed by atoms with Crippen LogP contribution in [-0.2, 0) is 4.74 Å². The molecule has 0 aromatic rings. The van der Waals surface area contributed by atoms with Crippen molar-refractivity contribution in [1.82, 2.24) is 5.32 Å². The lowest BCUT2D eigenvalue weighted by Crippen LogP contribution is -2.25. The highest BCUT2D eigenvalue weighted by Gasteiger charge is 2.04. The number of rotatable bonds is 8. The first-order chi connectivity index (χ1) is 6.35. The van der Waals surface area contributed by atoms with E-state index in [1.54, 1.807) is 7.11 Å². The number of terminal acetylenes is 1. The number of unbranched alkanes of at least 4 members (excludes halogenated alkanes) is 1. The number of hydrogen-bond acceptors (Lipinski definition) is 2. The highest BCUT2D eigenvalue weighted by molar-refractivity contribution is 4.83. The topological polar surface area (TPSA) is 21.3 Å². The van der Waals surface area contributed by atoms with E-state index in [2.05, 4.69) is 11.2 Å². The third kappa shape index (κ3) is 7.83. The molecule has 0 aliphatic heterocycles. The third-order valence-corrected chi connectivity index (χ3v) is 2.18. The molecule has 1 atom stereocenters. The SMILES string of the molecule is C#CCCCC(CCCOC)NC. The molecule has 0 aromatic carbocycles. The minimum atomic E-state index is 0.600. The first kappa shape index (κ1) is 12.5. The van der Waals surface area contributed by atoms with Crippen LogP contribution >= 0.6 is 0 Å². The minimum Gasteiger partial charge on any atom is -0.385 e. The molecular weight excluding hydrogens is 162 g/mol. The lowest BCUT2D eigenvalue weighted by molar-refractivity contribution is 0.188. The summed E-state index contributed by atoms with van der Waals surface area (Å²) < 4.78 is 5.00. The summed E-state index contributed by atoms with van der Waals surface area (Å²) in [6.45, 7) is 0.854. The summed E-state index contributed by atoms with van der Waals surface area (Å²) >= 11 is 0. The Kier molecular flexibility index (Phi) is 9.18. The van der Waals surface area contributed by atoms with Gasteiger partial charge in [-0.3, -0.25) is 0 Å². The largest absolute Gasteiger partial charge is 0.385 e. The van der Waals surface area contributed by atoms with Gasteiger partial charge in [0.25, 0.3) is 0 Å². The van der Waals surface area contributed by atoms with Crippen molar-refractivity contribution in [2.75, 3.05) is 20.8 Å².